The van der Waals surface area contributed by atoms with E-state index in [1.54, 1.807) is 0 Å². The fraction of sp³-hybridized carbons (Fsp3) is 0.720. The van der Waals surface area contributed by atoms with E-state index in [0.717, 1.165) is 30.7 Å². The zero-order chi connectivity index (χ0) is 22.7. The summed E-state index contributed by atoms with van der Waals surface area (Å²) in [5.41, 5.74) is 2.87. The molecule has 30 heavy (non-hydrogen) atoms. The first-order chi connectivity index (χ1) is 14.5. The fourth-order valence-electron chi connectivity index (χ4n) is 4.31. The molecule has 0 bridgehead atoms. The van der Waals surface area contributed by atoms with Crippen LogP contribution in [0.3, 0.4) is 0 Å². The maximum atomic E-state index is 12.6. The van der Waals surface area contributed by atoms with E-state index in [2.05, 4.69) is 18.7 Å². The normalized spacial score (nSPS) is 19.6. The smallest absolute Gasteiger partial charge is 0.274 e. The van der Waals surface area contributed by atoms with Crippen molar-refractivity contribution in [2.45, 2.75) is 99.0 Å². The molecule has 3 aliphatic heterocycles. The van der Waals surface area contributed by atoms with Crippen molar-refractivity contribution in [2.75, 3.05) is 20.2 Å². The molecule has 0 N–H and O–H groups in total. The van der Waals surface area contributed by atoms with E-state index in [-0.39, 0.29) is 5.91 Å². The maximum Gasteiger partial charge on any atom is 0.274 e. The van der Waals surface area contributed by atoms with Crippen LogP contribution in [0.25, 0.3) is 0 Å². The van der Waals surface area contributed by atoms with E-state index < -0.39 is 0 Å². The number of carbonyl (C=O) groups is 1. The lowest BCUT2D eigenvalue weighted by Crippen LogP contribution is -2.53. The van der Waals surface area contributed by atoms with Gasteiger partial charge in [-0.3, -0.25) is 4.79 Å². The van der Waals surface area contributed by atoms with Crippen molar-refractivity contribution in [3.63, 3.8) is 0 Å². The topological polar surface area (TPSA) is 49.9 Å². The van der Waals surface area contributed by atoms with Crippen molar-refractivity contribution in [1.82, 2.24) is 9.80 Å². The molecule has 0 aromatic carbocycles. The molecule has 0 aliphatic carbocycles. The van der Waals surface area contributed by atoms with Gasteiger partial charge in [-0.05, 0) is 32.3 Å². The van der Waals surface area contributed by atoms with Gasteiger partial charge in [0.15, 0.2) is 11.5 Å². The summed E-state index contributed by atoms with van der Waals surface area (Å²) in [4.78, 5) is 27.8. The summed E-state index contributed by atoms with van der Waals surface area (Å²) >= 11 is 0. The summed E-state index contributed by atoms with van der Waals surface area (Å²) in [6.07, 6.45) is 10.4. The van der Waals surface area contributed by atoms with E-state index in [4.69, 9.17) is 4.74 Å². The lowest BCUT2D eigenvalue weighted by Gasteiger charge is -2.42. The molecular formula is C25H42N2O3. The van der Waals surface area contributed by atoms with Crippen LogP contribution in [0, 0.1) is 0 Å². The third kappa shape index (κ3) is 5.57. The van der Waals surface area contributed by atoms with Crippen LogP contribution in [-0.2, 0) is 14.3 Å². The van der Waals surface area contributed by atoms with Crippen LogP contribution in [-0.4, -0.2) is 47.9 Å². The molecule has 0 radical (unpaired) electrons. The first-order valence-corrected chi connectivity index (χ1v) is 11.9. The van der Waals surface area contributed by atoms with Gasteiger partial charge in [0.25, 0.3) is 5.91 Å². The minimum Gasteiger partial charge on any atom is -0.493 e. The standard InChI is InChI=1S/C15H18N2O3.C8H18.C2H6/c1-4-16-7-10-5-6-12-9(2)11(8-18)14(20-3)13(15(16)19)17(10)12;1-3-5-7-8-6-4-2;1-2/h10H,4-7H2,1-3H3;3-8H2,1-2H3;1-2H3. The van der Waals surface area contributed by atoms with E-state index in [9.17, 15) is 9.59 Å². The second-order valence-corrected chi connectivity index (χ2v) is 7.75. The third-order valence-electron chi connectivity index (χ3n) is 5.93. The van der Waals surface area contributed by atoms with Gasteiger partial charge in [-0.15, -0.1) is 0 Å². The number of rotatable bonds is 7. The van der Waals surface area contributed by atoms with E-state index in [0.29, 0.717) is 29.6 Å². The van der Waals surface area contributed by atoms with Crippen LogP contribution >= 0.6 is 0 Å². The van der Waals surface area contributed by atoms with Crippen molar-refractivity contribution in [3.8, 4) is 0 Å². The summed E-state index contributed by atoms with van der Waals surface area (Å²) in [6, 6.07) is 0.297. The molecule has 170 valence electrons. The number of carbonyl (C=O) groups excluding carboxylic acids is 2. The number of amides is 1. The van der Waals surface area contributed by atoms with Crippen molar-refractivity contribution in [1.29, 1.82) is 0 Å². The number of allylic oxidation sites excluding steroid dienone is 2. The number of ether oxygens (including phenoxy) is 1. The lowest BCUT2D eigenvalue weighted by molar-refractivity contribution is -0.132. The summed E-state index contributed by atoms with van der Waals surface area (Å²) in [7, 11) is 1.50. The van der Waals surface area contributed by atoms with Crippen molar-refractivity contribution in [3.05, 3.63) is 28.3 Å². The van der Waals surface area contributed by atoms with Crippen molar-refractivity contribution < 1.29 is 14.3 Å². The lowest BCUT2D eigenvalue weighted by atomic mass is 9.96. The van der Waals surface area contributed by atoms with Gasteiger partial charge in [-0.2, -0.15) is 0 Å². The first-order valence-electron chi connectivity index (χ1n) is 11.9. The minimum atomic E-state index is -0.0553. The van der Waals surface area contributed by atoms with Gasteiger partial charge in [0, 0.05) is 18.8 Å². The Balaban J connectivity index is 0.000000383. The third-order valence-corrected chi connectivity index (χ3v) is 5.93. The highest BCUT2D eigenvalue weighted by atomic mass is 16.5. The molecule has 0 spiro atoms. The average Bonchev–Trinajstić information content (AvgIpc) is 3.20. The first kappa shape index (κ1) is 26.0. The van der Waals surface area contributed by atoms with Crippen LogP contribution in [0.4, 0.5) is 0 Å². The predicted octanol–water partition coefficient (Wildman–Crippen LogP) is 5.61. The predicted molar refractivity (Wildman–Crippen MR) is 123 cm³/mol. The number of likely N-dealkylation sites (N-methyl/N-ethyl adjacent to an activating group) is 1. The Hall–Kier alpha value is -2.00. The van der Waals surface area contributed by atoms with Crippen molar-refractivity contribution >= 4 is 11.8 Å². The molecule has 2 fully saturated rings. The molecule has 1 amide bonds. The van der Waals surface area contributed by atoms with Gasteiger partial charge in [0.2, 0.25) is 0 Å². The van der Waals surface area contributed by atoms with E-state index >= 15 is 0 Å². The molecule has 0 aromatic rings. The quantitative estimate of drug-likeness (QED) is 0.398. The highest BCUT2D eigenvalue weighted by Crippen LogP contribution is 2.44. The zero-order valence-electron chi connectivity index (χ0n) is 20.3. The minimum absolute atomic E-state index is 0.0553. The maximum absolute atomic E-state index is 12.6. The highest BCUT2D eigenvalue weighted by molar-refractivity contribution is 5.97. The largest absolute Gasteiger partial charge is 0.493 e. The molecule has 5 heteroatoms. The fourth-order valence-corrected chi connectivity index (χ4v) is 4.31. The second kappa shape index (κ2) is 13.3. The van der Waals surface area contributed by atoms with E-state index in [1.807, 2.05) is 38.5 Å². The van der Waals surface area contributed by atoms with Gasteiger partial charge in [0.05, 0.1) is 13.2 Å². The van der Waals surface area contributed by atoms with Crippen molar-refractivity contribution in [2.24, 2.45) is 0 Å². The van der Waals surface area contributed by atoms with Crippen LogP contribution < -0.4 is 0 Å². The average molecular weight is 419 g/mol. The Morgan fingerprint density at radius 1 is 1.07 bits per heavy atom. The Bertz CT molecular complexity index is 681. The number of piperazine rings is 1. The summed E-state index contributed by atoms with van der Waals surface area (Å²) in [5.74, 6) is 2.27. The zero-order valence-corrected chi connectivity index (χ0v) is 20.3. The second-order valence-electron chi connectivity index (χ2n) is 7.75. The molecule has 5 nitrogen and oxygen atoms in total. The van der Waals surface area contributed by atoms with E-state index in [1.165, 1.54) is 45.6 Å². The molecule has 1 unspecified atom stereocenters. The molecule has 1 atom stereocenters. The number of unbranched alkanes of at least 4 members (excludes halogenated alkanes) is 5. The van der Waals surface area contributed by atoms with Gasteiger partial charge in [-0.25, -0.2) is 4.79 Å². The van der Waals surface area contributed by atoms with Gasteiger partial charge < -0.3 is 14.5 Å². The SMILES string of the molecule is CC.CCCCCCCC.CCN1CC2CCC3=C(C)C(=C=O)C(OC)=C(C1=O)N32. The Morgan fingerprint density at radius 2 is 1.67 bits per heavy atom. The number of methoxy groups -OCH3 is 1. The molecule has 3 rings (SSSR count). The number of hydrogen-bond donors (Lipinski definition) is 0. The number of nitrogens with zero attached hydrogens (tertiary/aromatic N) is 2. The highest BCUT2D eigenvalue weighted by Gasteiger charge is 2.46. The molecule has 3 heterocycles. The molecule has 3 aliphatic rings. The molecular weight excluding hydrogens is 376 g/mol. The van der Waals surface area contributed by atoms with Gasteiger partial charge in [-0.1, -0.05) is 66.2 Å². The Morgan fingerprint density at radius 3 is 2.13 bits per heavy atom. The Labute approximate surface area is 183 Å². The molecule has 2 saturated heterocycles. The van der Waals surface area contributed by atoms with Gasteiger partial charge in [0.1, 0.15) is 11.5 Å². The number of hydrogen-bond acceptors (Lipinski definition) is 4. The van der Waals surface area contributed by atoms with Crippen LogP contribution in [0.15, 0.2) is 28.3 Å². The van der Waals surface area contributed by atoms with Gasteiger partial charge >= 0.3 is 0 Å². The van der Waals surface area contributed by atoms with Crippen LogP contribution in [0.1, 0.15) is 92.9 Å². The monoisotopic (exact) mass is 418 g/mol. The van der Waals surface area contributed by atoms with Crippen LogP contribution in [0.2, 0.25) is 0 Å². The molecule has 0 saturated carbocycles. The Kier molecular flexibility index (Phi) is 11.6. The molecule has 0 aromatic heterocycles. The summed E-state index contributed by atoms with van der Waals surface area (Å²) in [5, 5.41) is 0. The van der Waals surface area contributed by atoms with Crippen LogP contribution in [0.5, 0.6) is 0 Å². The summed E-state index contributed by atoms with van der Waals surface area (Å²) in [6.45, 7) is 13.8. The summed E-state index contributed by atoms with van der Waals surface area (Å²) < 4.78 is 5.38.